The highest BCUT2D eigenvalue weighted by Crippen LogP contribution is 2.50. The summed E-state index contributed by atoms with van der Waals surface area (Å²) in [7, 11) is 0. The molecule has 1 atom stereocenters. The molecule has 0 aliphatic carbocycles. The molecule has 88 valence electrons. The number of alkyl halides is 5. The number of hydrogen-bond acceptors (Lipinski definition) is 3. The van der Waals surface area contributed by atoms with Crippen molar-refractivity contribution in [1.29, 1.82) is 0 Å². The van der Waals surface area contributed by atoms with Gasteiger partial charge in [0, 0.05) is 18.3 Å². The highest BCUT2D eigenvalue weighted by molar-refractivity contribution is 6.75. The molecule has 15 heavy (non-hydrogen) atoms. The molecule has 0 fully saturated rings. The molecule has 0 aromatic heterocycles. The lowest BCUT2D eigenvalue weighted by atomic mass is 10.3. The molecule has 0 saturated heterocycles. The Balaban J connectivity index is 2.96. The van der Waals surface area contributed by atoms with Gasteiger partial charge in [-0.3, -0.25) is 5.01 Å². The second-order valence-corrected chi connectivity index (χ2v) is 6.88. The van der Waals surface area contributed by atoms with E-state index in [4.69, 9.17) is 69.8 Å². The van der Waals surface area contributed by atoms with Crippen LogP contribution in [0.1, 0.15) is 6.92 Å². The number of nitrogens with zero attached hydrogens (tertiary/aromatic N) is 3. The van der Waals surface area contributed by atoms with Crippen LogP contribution in [0.25, 0.3) is 0 Å². The van der Waals surface area contributed by atoms with Gasteiger partial charge < -0.3 is 0 Å². The Labute approximate surface area is 118 Å². The third kappa shape index (κ3) is 2.64. The average Bonchev–Trinajstić information content (AvgIpc) is 2.44. The van der Waals surface area contributed by atoms with Gasteiger partial charge in [0.25, 0.3) is 0 Å². The molecular formula is C6H7Cl6N3. The lowest BCUT2D eigenvalue weighted by Gasteiger charge is -2.38. The van der Waals surface area contributed by atoms with Gasteiger partial charge in [-0.2, -0.15) is 5.10 Å². The van der Waals surface area contributed by atoms with Crippen molar-refractivity contribution in [1.82, 2.24) is 9.43 Å². The van der Waals surface area contributed by atoms with Gasteiger partial charge in [-0.1, -0.05) is 58.0 Å². The molecule has 0 aromatic carbocycles. The molecule has 0 radical (unpaired) electrons. The summed E-state index contributed by atoms with van der Waals surface area (Å²) >= 11 is 34.9. The van der Waals surface area contributed by atoms with E-state index in [0.717, 1.165) is 0 Å². The lowest BCUT2D eigenvalue weighted by Crippen LogP contribution is -2.54. The summed E-state index contributed by atoms with van der Waals surface area (Å²) in [6.07, 6.45) is 0.617. The van der Waals surface area contributed by atoms with Crippen molar-refractivity contribution >= 4 is 76.1 Å². The Morgan fingerprint density at radius 3 is 2.20 bits per heavy atom. The maximum atomic E-state index is 6.01. The van der Waals surface area contributed by atoms with Crippen LogP contribution in [0.15, 0.2) is 5.10 Å². The first-order valence-corrected chi connectivity index (χ1v) is 6.14. The second-order valence-electron chi connectivity index (χ2n) is 2.83. The van der Waals surface area contributed by atoms with Crippen LogP contribution in [0.4, 0.5) is 0 Å². The summed E-state index contributed by atoms with van der Waals surface area (Å²) in [4.78, 5) is 0. The molecule has 9 heteroatoms. The van der Waals surface area contributed by atoms with Crippen LogP contribution in [-0.4, -0.2) is 36.6 Å². The van der Waals surface area contributed by atoms with Gasteiger partial charge in [0.2, 0.25) is 8.13 Å². The molecule has 1 rings (SSSR count). The standard InChI is InChI=1S/C6H7Cl6N3/c1-2-15-4(14(12)3-13-15)5(7,8)6(9,10)11/h3-4H,2H2,1H3. The third-order valence-corrected chi connectivity index (χ3v) is 4.56. The van der Waals surface area contributed by atoms with Crippen LogP contribution in [0.2, 0.25) is 0 Å². The van der Waals surface area contributed by atoms with Crippen LogP contribution < -0.4 is 0 Å². The van der Waals surface area contributed by atoms with Crippen molar-refractivity contribution in [2.75, 3.05) is 6.54 Å². The molecular weight excluding hydrogens is 327 g/mol. The fraction of sp³-hybridized carbons (Fsp3) is 0.833. The van der Waals surface area contributed by atoms with E-state index in [1.54, 1.807) is 0 Å². The summed E-state index contributed by atoms with van der Waals surface area (Å²) in [6, 6.07) is 0. The fourth-order valence-corrected chi connectivity index (χ4v) is 2.23. The molecule has 1 aliphatic rings. The number of hydrogen-bond donors (Lipinski definition) is 0. The molecule has 0 aromatic rings. The van der Waals surface area contributed by atoms with Gasteiger partial charge in [-0.05, 0) is 6.92 Å². The van der Waals surface area contributed by atoms with E-state index in [-0.39, 0.29) is 0 Å². The van der Waals surface area contributed by atoms with E-state index in [1.165, 1.54) is 15.8 Å². The Hall–Kier alpha value is 1.01. The first-order valence-electron chi connectivity index (χ1n) is 3.91. The van der Waals surface area contributed by atoms with Gasteiger partial charge in [-0.25, -0.2) is 4.42 Å². The highest BCUT2D eigenvalue weighted by Gasteiger charge is 2.57. The predicted octanol–water partition coefficient (Wildman–Crippen LogP) is 3.59. The zero-order chi connectivity index (χ0) is 11.9. The van der Waals surface area contributed by atoms with E-state index < -0.39 is 14.3 Å². The molecule has 0 amide bonds. The van der Waals surface area contributed by atoms with Crippen molar-refractivity contribution in [2.24, 2.45) is 5.10 Å². The number of halogens is 6. The molecule has 0 bridgehead atoms. The summed E-state index contributed by atoms with van der Waals surface area (Å²) in [5.74, 6) is 0. The minimum Gasteiger partial charge on any atom is -0.269 e. The first-order chi connectivity index (χ1) is 6.71. The number of hydrazone groups is 1. The average molecular weight is 334 g/mol. The SMILES string of the molecule is CCN1N=CN(Cl)C1C(Cl)(Cl)C(Cl)(Cl)Cl. The Morgan fingerprint density at radius 1 is 1.27 bits per heavy atom. The normalized spacial score (nSPS) is 22.7. The quantitative estimate of drug-likeness (QED) is 0.568. The van der Waals surface area contributed by atoms with Crippen molar-refractivity contribution in [3.05, 3.63) is 0 Å². The van der Waals surface area contributed by atoms with Gasteiger partial charge in [0.05, 0.1) is 0 Å². The van der Waals surface area contributed by atoms with Crippen LogP contribution in [-0.2, 0) is 0 Å². The molecule has 1 heterocycles. The zero-order valence-electron chi connectivity index (χ0n) is 7.47. The summed E-state index contributed by atoms with van der Waals surface area (Å²) in [5.41, 5.74) is 0. The largest absolute Gasteiger partial charge is 0.269 e. The van der Waals surface area contributed by atoms with Crippen LogP contribution in [0.3, 0.4) is 0 Å². The predicted molar refractivity (Wildman–Crippen MR) is 67.1 cm³/mol. The van der Waals surface area contributed by atoms with Gasteiger partial charge in [0.15, 0.2) is 6.17 Å². The van der Waals surface area contributed by atoms with Gasteiger partial charge in [-0.15, -0.1) is 0 Å². The maximum Gasteiger partial charge on any atom is 0.227 e. The topological polar surface area (TPSA) is 18.8 Å². The fourth-order valence-electron chi connectivity index (χ4n) is 1.11. The monoisotopic (exact) mass is 331 g/mol. The van der Waals surface area contributed by atoms with E-state index in [2.05, 4.69) is 5.10 Å². The van der Waals surface area contributed by atoms with Gasteiger partial charge in [0.1, 0.15) is 6.34 Å². The number of rotatable bonds is 2. The molecule has 3 nitrogen and oxygen atoms in total. The van der Waals surface area contributed by atoms with Crippen molar-refractivity contribution < 1.29 is 0 Å². The first kappa shape index (κ1) is 14.1. The lowest BCUT2D eigenvalue weighted by molar-refractivity contribution is 0.166. The minimum absolute atomic E-state index is 0.534. The smallest absolute Gasteiger partial charge is 0.227 e. The van der Waals surface area contributed by atoms with E-state index in [0.29, 0.717) is 6.54 Å². The molecule has 0 spiro atoms. The van der Waals surface area contributed by atoms with Crippen molar-refractivity contribution in [2.45, 2.75) is 21.2 Å². The Morgan fingerprint density at radius 2 is 1.80 bits per heavy atom. The van der Waals surface area contributed by atoms with E-state index >= 15 is 0 Å². The molecule has 0 N–H and O–H groups in total. The van der Waals surface area contributed by atoms with Crippen molar-refractivity contribution in [3.63, 3.8) is 0 Å². The third-order valence-electron chi connectivity index (χ3n) is 1.85. The molecule has 1 aliphatic heterocycles. The Kier molecular flexibility index (Phi) is 4.42. The molecule has 0 saturated carbocycles. The second kappa shape index (κ2) is 4.71. The zero-order valence-corrected chi connectivity index (χ0v) is 12.0. The molecule has 1 unspecified atom stereocenters. The van der Waals surface area contributed by atoms with Crippen molar-refractivity contribution in [3.8, 4) is 0 Å². The Bertz CT molecular complexity index is 262. The highest BCUT2D eigenvalue weighted by atomic mass is 35.6. The summed E-state index contributed by atoms with van der Waals surface area (Å²) in [5, 5.41) is 5.48. The van der Waals surface area contributed by atoms with E-state index in [9.17, 15) is 0 Å². The van der Waals surface area contributed by atoms with E-state index in [1.807, 2.05) is 6.92 Å². The van der Waals surface area contributed by atoms with Crippen LogP contribution in [0.5, 0.6) is 0 Å². The maximum absolute atomic E-state index is 6.01. The minimum atomic E-state index is -1.88. The summed E-state index contributed by atoms with van der Waals surface area (Å²) < 4.78 is -2.41. The van der Waals surface area contributed by atoms with Crippen LogP contribution >= 0.6 is 69.8 Å². The summed E-state index contributed by atoms with van der Waals surface area (Å²) in [6.45, 7) is 2.38. The van der Waals surface area contributed by atoms with Gasteiger partial charge >= 0.3 is 0 Å². The van der Waals surface area contributed by atoms with Crippen LogP contribution in [0, 0.1) is 0 Å².